The number of nitrogens with zero attached hydrogens (tertiary/aromatic N) is 2. The number of nitrogens with one attached hydrogen (secondary N) is 3. The second-order valence-corrected chi connectivity index (χ2v) is 6.93. The summed E-state index contributed by atoms with van der Waals surface area (Å²) in [4.78, 5) is 15.9. The van der Waals surface area contributed by atoms with Crippen LogP contribution >= 0.6 is 0 Å². The Bertz CT molecular complexity index is 976. The molecule has 29 heavy (non-hydrogen) atoms. The summed E-state index contributed by atoms with van der Waals surface area (Å²) < 4.78 is 2.29. The Morgan fingerprint density at radius 1 is 1.07 bits per heavy atom. The summed E-state index contributed by atoms with van der Waals surface area (Å²) in [5.74, 6) is 0.728. The summed E-state index contributed by atoms with van der Waals surface area (Å²) >= 11 is 0. The van der Waals surface area contributed by atoms with Gasteiger partial charge >= 0.3 is 0 Å². The minimum atomic E-state index is -0.0730. The van der Waals surface area contributed by atoms with Crippen molar-refractivity contribution in [2.24, 2.45) is 4.99 Å². The fourth-order valence-corrected chi connectivity index (χ4v) is 3.25. The number of carbonyl (C=O) groups excluding carboxylic acids is 1. The van der Waals surface area contributed by atoms with Crippen molar-refractivity contribution in [2.75, 3.05) is 18.4 Å². The SMILES string of the molecule is CCNC(=NCc1cccc(NC(C)=O)c1)NCCCn1ccc2ccccc21. The summed E-state index contributed by atoms with van der Waals surface area (Å²) in [5, 5.41) is 10.8. The maximum Gasteiger partial charge on any atom is 0.221 e. The van der Waals surface area contributed by atoms with Gasteiger partial charge in [-0.2, -0.15) is 0 Å². The van der Waals surface area contributed by atoms with Gasteiger partial charge in [-0.05, 0) is 48.6 Å². The Balaban J connectivity index is 1.52. The molecule has 0 atom stereocenters. The quantitative estimate of drug-likeness (QED) is 0.311. The third-order valence-corrected chi connectivity index (χ3v) is 4.56. The first-order valence-corrected chi connectivity index (χ1v) is 10.1. The molecule has 0 aliphatic carbocycles. The minimum absolute atomic E-state index is 0.0730. The van der Waals surface area contributed by atoms with Crippen LogP contribution in [0.2, 0.25) is 0 Å². The first-order chi connectivity index (χ1) is 14.2. The summed E-state index contributed by atoms with van der Waals surface area (Å²) in [7, 11) is 0. The predicted molar refractivity (Wildman–Crippen MR) is 120 cm³/mol. The third kappa shape index (κ3) is 6.10. The van der Waals surface area contributed by atoms with E-state index < -0.39 is 0 Å². The Labute approximate surface area is 172 Å². The monoisotopic (exact) mass is 391 g/mol. The van der Waals surface area contributed by atoms with E-state index in [0.717, 1.165) is 43.3 Å². The second-order valence-electron chi connectivity index (χ2n) is 6.93. The zero-order valence-corrected chi connectivity index (χ0v) is 17.1. The van der Waals surface area contributed by atoms with Gasteiger partial charge in [0.1, 0.15) is 0 Å². The van der Waals surface area contributed by atoms with Gasteiger partial charge in [-0.3, -0.25) is 4.79 Å². The second kappa shape index (κ2) is 10.3. The molecule has 0 saturated carbocycles. The lowest BCUT2D eigenvalue weighted by molar-refractivity contribution is -0.114. The summed E-state index contributed by atoms with van der Waals surface area (Å²) in [6.07, 6.45) is 3.15. The number of rotatable bonds is 8. The molecule has 6 heteroatoms. The molecular weight excluding hydrogens is 362 g/mol. The molecule has 0 aliphatic rings. The number of aromatic nitrogens is 1. The number of carbonyl (C=O) groups is 1. The molecule has 0 spiro atoms. The van der Waals surface area contributed by atoms with Gasteiger partial charge in [0.05, 0.1) is 6.54 Å². The van der Waals surface area contributed by atoms with E-state index in [1.165, 1.54) is 17.8 Å². The number of hydrogen-bond donors (Lipinski definition) is 3. The van der Waals surface area contributed by atoms with Gasteiger partial charge in [0, 0.05) is 44.0 Å². The molecule has 3 aromatic rings. The van der Waals surface area contributed by atoms with Crippen LogP contribution in [-0.2, 0) is 17.9 Å². The Kier molecular flexibility index (Phi) is 7.28. The highest BCUT2D eigenvalue weighted by Gasteiger charge is 2.02. The molecular formula is C23H29N5O. The van der Waals surface area contributed by atoms with Gasteiger partial charge in [-0.1, -0.05) is 30.3 Å². The maximum atomic E-state index is 11.2. The number of benzene rings is 2. The van der Waals surface area contributed by atoms with Crippen molar-refractivity contribution in [1.82, 2.24) is 15.2 Å². The van der Waals surface area contributed by atoms with E-state index in [4.69, 9.17) is 0 Å². The number of guanidine groups is 1. The number of anilines is 1. The third-order valence-electron chi connectivity index (χ3n) is 4.56. The minimum Gasteiger partial charge on any atom is -0.357 e. The molecule has 3 rings (SSSR count). The summed E-state index contributed by atoms with van der Waals surface area (Å²) in [6.45, 7) is 6.71. The van der Waals surface area contributed by atoms with Crippen LogP contribution in [0, 0.1) is 0 Å². The van der Waals surface area contributed by atoms with Gasteiger partial charge in [-0.25, -0.2) is 4.99 Å². The average molecular weight is 392 g/mol. The lowest BCUT2D eigenvalue weighted by Crippen LogP contribution is -2.38. The number of hydrogen-bond acceptors (Lipinski definition) is 2. The van der Waals surface area contributed by atoms with Crippen molar-refractivity contribution in [2.45, 2.75) is 33.4 Å². The van der Waals surface area contributed by atoms with Gasteiger partial charge in [-0.15, -0.1) is 0 Å². The molecule has 1 amide bonds. The van der Waals surface area contributed by atoms with Crippen LogP contribution in [0.25, 0.3) is 10.9 Å². The Morgan fingerprint density at radius 3 is 2.76 bits per heavy atom. The largest absolute Gasteiger partial charge is 0.357 e. The highest BCUT2D eigenvalue weighted by Crippen LogP contribution is 2.15. The standard InChI is InChI=1S/C23H29N5O/c1-3-24-23(26-17-19-8-6-10-21(16-19)27-18(2)29)25-13-7-14-28-15-12-20-9-4-5-11-22(20)28/h4-6,8-12,15-16H,3,7,13-14,17H2,1-2H3,(H,27,29)(H2,24,25,26). The summed E-state index contributed by atoms with van der Waals surface area (Å²) in [5.41, 5.74) is 3.11. The van der Waals surface area contributed by atoms with Crippen LogP contribution in [0.3, 0.4) is 0 Å². The fraction of sp³-hybridized carbons (Fsp3) is 0.304. The van der Waals surface area contributed by atoms with Crippen LogP contribution in [0.1, 0.15) is 25.8 Å². The van der Waals surface area contributed by atoms with Crippen LogP contribution in [-0.4, -0.2) is 29.5 Å². The van der Waals surface area contributed by atoms with E-state index in [0.29, 0.717) is 6.54 Å². The van der Waals surface area contributed by atoms with Crippen LogP contribution in [0.15, 0.2) is 65.8 Å². The van der Waals surface area contributed by atoms with E-state index in [1.54, 1.807) is 0 Å². The van der Waals surface area contributed by atoms with Gasteiger partial charge in [0.25, 0.3) is 0 Å². The average Bonchev–Trinajstić information content (AvgIpc) is 3.12. The number of aliphatic imine (C=N–C) groups is 1. The van der Waals surface area contributed by atoms with Gasteiger partial charge in [0.2, 0.25) is 5.91 Å². The van der Waals surface area contributed by atoms with E-state index in [1.807, 2.05) is 24.3 Å². The van der Waals surface area contributed by atoms with Gasteiger partial charge in [0.15, 0.2) is 5.96 Å². The lowest BCUT2D eigenvalue weighted by atomic mass is 10.2. The Morgan fingerprint density at radius 2 is 1.93 bits per heavy atom. The molecule has 0 aliphatic heterocycles. The predicted octanol–water partition coefficient (Wildman–Crippen LogP) is 3.75. The molecule has 152 valence electrons. The van der Waals surface area contributed by atoms with Crippen molar-refractivity contribution >= 4 is 28.5 Å². The van der Waals surface area contributed by atoms with Crippen molar-refractivity contribution in [3.8, 4) is 0 Å². The van der Waals surface area contributed by atoms with Crippen LogP contribution < -0.4 is 16.0 Å². The molecule has 1 heterocycles. The van der Waals surface area contributed by atoms with Crippen LogP contribution in [0.5, 0.6) is 0 Å². The Hall–Kier alpha value is -3.28. The van der Waals surface area contributed by atoms with Crippen LogP contribution in [0.4, 0.5) is 5.69 Å². The number of aryl methyl sites for hydroxylation is 1. The van der Waals surface area contributed by atoms with Crippen molar-refractivity contribution in [3.63, 3.8) is 0 Å². The van der Waals surface area contributed by atoms with E-state index in [-0.39, 0.29) is 5.91 Å². The lowest BCUT2D eigenvalue weighted by Gasteiger charge is -2.12. The highest BCUT2D eigenvalue weighted by atomic mass is 16.1. The van der Waals surface area contributed by atoms with E-state index in [9.17, 15) is 4.79 Å². The van der Waals surface area contributed by atoms with Crippen molar-refractivity contribution in [1.29, 1.82) is 0 Å². The molecule has 6 nitrogen and oxygen atoms in total. The molecule has 3 N–H and O–H groups in total. The summed E-state index contributed by atoms with van der Waals surface area (Å²) in [6, 6.07) is 18.4. The zero-order chi connectivity index (χ0) is 20.5. The fourth-order valence-electron chi connectivity index (χ4n) is 3.25. The molecule has 0 fully saturated rings. The highest BCUT2D eigenvalue weighted by molar-refractivity contribution is 5.88. The zero-order valence-electron chi connectivity index (χ0n) is 17.1. The van der Waals surface area contributed by atoms with E-state index in [2.05, 4.69) is 69.0 Å². The molecule has 0 unspecified atom stereocenters. The number of fused-ring (bicyclic) bond motifs is 1. The molecule has 2 aromatic carbocycles. The molecule has 0 bridgehead atoms. The smallest absolute Gasteiger partial charge is 0.221 e. The van der Waals surface area contributed by atoms with Crippen molar-refractivity contribution in [3.05, 3.63) is 66.4 Å². The van der Waals surface area contributed by atoms with Crippen molar-refractivity contribution < 1.29 is 4.79 Å². The first kappa shape index (κ1) is 20.5. The molecule has 0 saturated heterocycles. The molecule has 1 aromatic heterocycles. The normalized spacial score (nSPS) is 11.4. The first-order valence-electron chi connectivity index (χ1n) is 10.1. The number of amides is 1. The van der Waals surface area contributed by atoms with E-state index >= 15 is 0 Å². The maximum absolute atomic E-state index is 11.2. The van der Waals surface area contributed by atoms with Gasteiger partial charge < -0.3 is 20.5 Å². The number of para-hydroxylation sites is 1. The topological polar surface area (TPSA) is 70.4 Å². The molecule has 0 radical (unpaired) electrons.